The highest BCUT2D eigenvalue weighted by molar-refractivity contribution is 5.33. The van der Waals surface area contributed by atoms with E-state index in [2.05, 4.69) is 16.9 Å². The molecule has 0 saturated heterocycles. The van der Waals surface area contributed by atoms with Crippen molar-refractivity contribution in [2.24, 2.45) is 5.92 Å². The van der Waals surface area contributed by atoms with E-state index in [9.17, 15) is 0 Å². The third kappa shape index (κ3) is 1.50. The minimum Gasteiger partial charge on any atom is -0.368 e. The lowest BCUT2D eigenvalue weighted by atomic mass is 9.87. The Bertz CT molecular complexity index is 333. The molecule has 0 aromatic carbocycles. The predicted octanol–water partition coefficient (Wildman–Crippen LogP) is 1.49. The summed E-state index contributed by atoms with van der Waals surface area (Å²) in [5, 5.41) is 0. The molecule has 2 N–H and O–H groups in total. The monoisotopic (exact) mass is 177 g/mol. The number of hydrogen-bond acceptors (Lipinski definition) is 3. The molecule has 1 aromatic heterocycles. The summed E-state index contributed by atoms with van der Waals surface area (Å²) in [6, 6.07) is 0. The molecular formula is C10H15N3. The molecule has 70 valence electrons. The van der Waals surface area contributed by atoms with Gasteiger partial charge in [0.25, 0.3) is 0 Å². The molecule has 0 amide bonds. The van der Waals surface area contributed by atoms with Gasteiger partial charge in [-0.25, -0.2) is 9.97 Å². The molecule has 0 fully saturated rings. The molecule has 1 heterocycles. The van der Waals surface area contributed by atoms with E-state index >= 15 is 0 Å². The van der Waals surface area contributed by atoms with Gasteiger partial charge in [-0.05, 0) is 37.7 Å². The molecule has 3 heteroatoms. The highest BCUT2D eigenvalue weighted by Gasteiger charge is 2.18. The van der Waals surface area contributed by atoms with Crippen molar-refractivity contribution in [2.45, 2.75) is 33.1 Å². The fourth-order valence-corrected chi connectivity index (χ4v) is 2.00. The highest BCUT2D eigenvalue weighted by atomic mass is 15.0. The topological polar surface area (TPSA) is 51.8 Å². The van der Waals surface area contributed by atoms with Crippen molar-refractivity contribution in [1.82, 2.24) is 9.97 Å². The largest absolute Gasteiger partial charge is 0.368 e. The summed E-state index contributed by atoms with van der Waals surface area (Å²) in [7, 11) is 0. The lowest BCUT2D eigenvalue weighted by Gasteiger charge is -2.21. The number of fused-ring (bicyclic) bond motifs is 1. The average Bonchev–Trinajstić information content (AvgIpc) is 2.02. The number of aromatic nitrogens is 2. The minimum absolute atomic E-state index is 0.422. The van der Waals surface area contributed by atoms with Crippen molar-refractivity contribution in [3.63, 3.8) is 0 Å². The van der Waals surface area contributed by atoms with Crippen molar-refractivity contribution in [3.05, 3.63) is 17.0 Å². The Morgan fingerprint density at radius 2 is 2.15 bits per heavy atom. The standard InChI is InChI=1S/C10H15N3/c1-6-3-4-8-7(2)12-10(11)13-9(8)5-6/h6H,3-5H2,1-2H3,(H2,11,12,13). The molecule has 0 spiro atoms. The molecule has 1 aliphatic rings. The van der Waals surface area contributed by atoms with Gasteiger partial charge in [0.2, 0.25) is 5.95 Å². The van der Waals surface area contributed by atoms with Crippen LogP contribution in [0.3, 0.4) is 0 Å². The molecule has 0 aliphatic heterocycles. The number of aryl methyl sites for hydroxylation is 1. The van der Waals surface area contributed by atoms with Crippen molar-refractivity contribution in [3.8, 4) is 0 Å². The maximum Gasteiger partial charge on any atom is 0.220 e. The summed E-state index contributed by atoms with van der Waals surface area (Å²) in [5.41, 5.74) is 9.17. The maximum atomic E-state index is 5.61. The van der Waals surface area contributed by atoms with Gasteiger partial charge in [0.15, 0.2) is 0 Å². The number of hydrogen-bond donors (Lipinski definition) is 1. The molecule has 1 unspecified atom stereocenters. The van der Waals surface area contributed by atoms with E-state index in [1.54, 1.807) is 0 Å². The number of nitrogens with zero attached hydrogens (tertiary/aromatic N) is 2. The van der Waals surface area contributed by atoms with Crippen molar-refractivity contribution in [2.75, 3.05) is 5.73 Å². The van der Waals surface area contributed by atoms with Crippen molar-refractivity contribution >= 4 is 5.95 Å². The van der Waals surface area contributed by atoms with Gasteiger partial charge >= 0.3 is 0 Å². The number of anilines is 1. The smallest absolute Gasteiger partial charge is 0.220 e. The predicted molar refractivity (Wildman–Crippen MR) is 52.4 cm³/mol. The molecule has 0 bridgehead atoms. The van der Waals surface area contributed by atoms with Gasteiger partial charge in [0, 0.05) is 11.4 Å². The van der Waals surface area contributed by atoms with Gasteiger partial charge in [-0.2, -0.15) is 0 Å². The second-order valence-corrected chi connectivity index (χ2v) is 3.94. The lowest BCUT2D eigenvalue weighted by molar-refractivity contribution is 0.489. The Balaban J connectivity index is 2.47. The summed E-state index contributed by atoms with van der Waals surface area (Å²) >= 11 is 0. The Hall–Kier alpha value is -1.12. The van der Waals surface area contributed by atoms with Crippen LogP contribution in [0.15, 0.2) is 0 Å². The van der Waals surface area contributed by atoms with Crippen LogP contribution in [-0.2, 0) is 12.8 Å². The van der Waals surface area contributed by atoms with Crippen molar-refractivity contribution in [1.29, 1.82) is 0 Å². The average molecular weight is 177 g/mol. The van der Waals surface area contributed by atoms with Crippen LogP contribution in [0.4, 0.5) is 5.95 Å². The first-order valence-corrected chi connectivity index (χ1v) is 4.78. The maximum absolute atomic E-state index is 5.61. The zero-order valence-corrected chi connectivity index (χ0v) is 8.17. The zero-order chi connectivity index (χ0) is 9.42. The van der Waals surface area contributed by atoms with Gasteiger partial charge in [-0.15, -0.1) is 0 Å². The van der Waals surface area contributed by atoms with Gasteiger partial charge < -0.3 is 5.73 Å². The van der Waals surface area contributed by atoms with Crippen LogP contribution in [0.2, 0.25) is 0 Å². The van der Waals surface area contributed by atoms with Crippen LogP contribution >= 0.6 is 0 Å². The van der Waals surface area contributed by atoms with Crippen LogP contribution in [0.1, 0.15) is 30.3 Å². The van der Waals surface area contributed by atoms with Crippen molar-refractivity contribution < 1.29 is 0 Å². The molecule has 0 saturated carbocycles. The molecular weight excluding hydrogens is 162 g/mol. The lowest BCUT2D eigenvalue weighted by Crippen LogP contribution is -2.16. The third-order valence-corrected chi connectivity index (χ3v) is 2.75. The third-order valence-electron chi connectivity index (χ3n) is 2.75. The number of rotatable bonds is 0. The SMILES string of the molecule is Cc1nc(N)nc2c1CCC(C)C2. The van der Waals surface area contributed by atoms with Gasteiger partial charge in [-0.1, -0.05) is 6.92 Å². The Morgan fingerprint density at radius 1 is 1.38 bits per heavy atom. The first kappa shape index (κ1) is 8.48. The van der Waals surface area contributed by atoms with E-state index in [0.717, 1.165) is 24.5 Å². The Kier molecular flexibility index (Phi) is 1.94. The number of nitrogen functional groups attached to an aromatic ring is 1. The second-order valence-electron chi connectivity index (χ2n) is 3.94. The highest BCUT2D eigenvalue weighted by Crippen LogP contribution is 2.25. The fourth-order valence-electron chi connectivity index (χ4n) is 2.00. The zero-order valence-electron chi connectivity index (χ0n) is 8.17. The molecule has 2 rings (SSSR count). The van der Waals surface area contributed by atoms with Gasteiger partial charge in [0.1, 0.15) is 0 Å². The van der Waals surface area contributed by atoms with E-state index in [1.807, 2.05) is 6.92 Å². The first-order valence-electron chi connectivity index (χ1n) is 4.78. The Morgan fingerprint density at radius 3 is 2.92 bits per heavy atom. The van der Waals surface area contributed by atoms with Crippen LogP contribution in [-0.4, -0.2) is 9.97 Å². The van der Waals surface area contributed by atoms with E-state index in [-0.39, 0.29) is 0 Å². The molecule has 1 atom stereocenters. The summed E-state index contributed by atoms with van der Waals surface area (Å²) < 4.78 is 0. The summed E-state index contributed by atoms with van der Waals surface area (Å²) in [6.45, 7) is 4.28. The summed E-state index contributed by atoms with van der Waals surface area (Å²) in [4.78, 5) is 8.47. The van der Waals surface area contributed by atoms with E-state index in [0.29, 0.717) is 5.95 Å². The molecule has 3 nitrogen and oxygen atoms in total. The Labute approximate surface area is 78.4 Å². The van der Waals surface area contributed by atoms with E-state index < -0.39 is 0 Å². The normalized spacial score (nSPS) is 21.2. The van der Waals surface area contributed by atoms with Crippen LogP contribution in [0.5, 0.6) is 0 Å². The van der Waals surface area contributed by atoms with Crippen LogP contribution < -0.4 is 5.73 Å². The van der Waals surface area contributed by atoms with E-state index in [4.69, 9.17) is 5.73 Å². The molecule has 0 radical (unpaired) electrons. The fraction of sp³-hybridized carbons (Fsp3) is 0.600. The quantitative estimate of drug-likeness (QED) is 0.653. The second kappa shape index (κ2) is 2.98. The summed E-state index contributed by atoms with van der Waals surface area (Å²) in [6.07, 6.45) is 3.42. The van der Waals surface area contributed by atoms with Crippen LogP contribution in [0, 0.1) is 12.8 Å². The van der Waals surface area contributed by atoms with Gasteiger partial charge in [0.05, 0.1) is 0 Å². The molecule has 13 heavy (non-hydrogen) atoms. The minimum atomic E-state index is 0.422. The van der Waals surface area contributed by atoms with Crippen LogP contribution in [0.25, 0.3) is 0 Å². The summed E-state index contributed by atoms with van der Waals surface area (Å²) in [5.74, 6) is 1.16. The van der Waals surface area contributed by atoms with Gasteiger partial charge in [-0.3, -0.25) is 0 Å². The number of nitrogens with two attached hydrogens (primary N) is 1. The first-order chi connectivity index (χ1) is 6.16. The molecule has 1 aliphatic carbocycles. The molecule has 1 aromatic rings. The van der Waals surface area contributed by atoms with E-state index in [1.165, 1.54) is 17.7 Å².